The van der Waals surface area contributed by atoms with E-state index in [9.17, 15) is 5.26 Å². The zero-order valence-electron chi connectivity index (χ0n) is 22.7. The van der Waals surface area contributed by atoms with Gasteiger partial charge in [-0.3, -0.25) is 0 Å². The number of hydrazone groups is 1. The van der Waals surface area contributed by atoms with Crippen LogP contribution in [0.25, 0.3) is 0 Å². The lowest BCUT2D eigenvalue weighted by atomic mass is 10.1. The molecule has 3 aromatic carbocycles. The van der Waals surface area contributed by atoms with Gasteiger partial charge < -0.3 is 24.4 Å². The molecule has 0 saturated carbocycles. The minimum atomic E-state index is 0.253. The summed E-state index contributed by atoms with van der Waals surface area (Å²) in [4.78, 5) is 15.7. The highest BCUT2D eigenvalue weighted by Crippen LogP contribution is 2.29. The highest BCUT2D eigenvalue weighted by Gasteiger charge is 2.17. The van der Waals surface area contributed by atoms with Gasteiger partial charge in [-0.2, -0.15) is 25.3 Å². The number of rotatable bonds is 11. The van der Waals surface area contributed by atoms with Crippen LogP contribution in [0.4, 0.5) is 23.5 Å². The molecule has 2 heterocycles. The molecule has 208 valence electrons. The van der Waals surface area contributed by atoms with E-state index in [0.717, 1.165) is 16.8 Å². The summed E-state index contributed by atoms with van der Waals surface area (Å²) in [5.74, 6) is 2.40. The molecule has 0 atom stereocenters. The van der Waals surface area contributed by atoms with E-state index >= 15 is 0 Å². The van der Waals surface area contributed by atoms with Crippen molar-refractivity contribution in [2.24, 2.45) is 5.10 Å². The molecule has 0 unspecified atom stereocenters. The summed E-state index contributed by atoms with van der Waals surface area (Å²) in [6.45, 7) is 5.23. The summed E-state index contributed by atoms with van der Waals surface area (Å²) in [5, 5.41) is 16.9. The molecule has 4 aromatic rings. The maximum absolute atomic E-state index is 9.34. The number of para-hydroxylation sites is 1. The molecule has 1 saturated heterocycles. The van der Waals surface area contributed by atoms with Crippen LogP contribution in [0.1, 0.15) is 23.6 Å². The number of nitriles is 1. The Morgan fingerprint density at radius 1 is 0.951 bits per heavy atom. The topological polar surface area (TPSA) is 130 Å². The van der Waals surface area contributed by atoms with Crippen LogP contribution in [0.2, 0.25) is 0 Å². The number of benzene rings is 3. The van der Waals surface area contributed by atoms with Gasteiger partial charge in [0, 0.05) is 24.3 Å². The molecule has 5 rings (SSSR count). The monoisotopic (exact) mass is 550 g/mol. The second kappa shape index (κ2) is 13.7. The molecule has 0 amide bonds. The van der Waals surface area contributed by atoms with Crippen LogP contribution < -0.4 is 25.1 Å². The van der Waals surface area contributed by atoms with Gasteiger partial charge in [-0.05, 0) is 48.9 Å². The Morgan fingerprint density at radius 3 is 2.54 bits per heavy atom. The van der Waals surface area contributed by atoms with Gasteiger partial charge in [0.05, 0.1) is 37.7 Å². The van der Waals surface area contributed by atoms with E-state index in [-0.39, 0.29) is 6.61 Å². The van der Waals surface area contributed by atoms with Crippen molar-refractivity contribution in [1.82, 2.24) is 15.0 Å². The van der Waals surface area contributed by atoms with Crippen LogP contribution in [-0.4, -0.2) is 54.1 Å². The van der Waals surface area contributed by atoms with E-state index in [4.69, 9.17) is 14.2 Å². The molecule has 1 aliphatic rings. The molecule has 1 aliphatic heterocycles. The molecule has 2 N–H and O–H groups in total. The first-order valence-electron chi connectivity index (χ1n) is 13.3. The van der Waals surface area contributed by atoms with Crippen molar-refractivity contribution in [1.29, 1.82) is 5.26 Å². The lowest BCUT2D eigenvalue weighted by molar-refractivity contribution is 0.122. The Bertz CT molecular complexity index is 1520. The number of hydrogen-bond donors (Lipinski definition) is 2. The fourth-order valence-corrected chi connectivity index (χ4v) is 4.09. The maximum atomic E-state index is 9.34. The summed E-state index contributed by atoms with van der Waals surface area (Å²) < 4.78 is 17.3. The van der Waals surface area contributed by atoms with Crippen molar-refractivity contribution in [3.63, 3.8) is 0 Å². The van der Waals surface area contributed by atoms with Gasteiger partial charge in [-0.15, -0.1) is 0 Å². The fraction of sp³-hybridized carbons (Fsp3) is 0.233. The zero-order valence-corrected chi connectivity index (χ0v) is 22.7. The van der Waals surface area contributed by atoms with Crippen molar-refractivity contribution < 1.29 is 14.2 Å². The fourth-order valence-electron chi connectivity index (χ4n) is 4.09. The predicted octanol–water partition coefficient (Wildman–Crippen LogP) is 4.75. The Hall–Kier alpha value is -5.21. The molecular weight excluding hydrogens is 520 g/mol. The molecule has 11 nitrogen and oxygen atoms in total. The standard InChI is InChI=1S/C30H30N8O3/c1-2-40-27-18-22(12-13-26(27)41-21-24-9-7-6-8-23(24)19-31)20-32-37-29-34-28(33-25-10-4-3-5-11-25)35-30(36-29)38-14-16-39-17-15-38/h3-13,18,20H,2,14-17,21H2,1H3,(H2,33,34,35,36,37)/b32-20-. The smallest absolute Gasteiger partial charge is 0.250 e. The molecule has 1 fully saturated rings. The summed E-state index contributed by atoms with van der Waals surface area (Å²) in [7, 11) is 0. The first-order valence-corrected chi connectivity index (χ1v) is 13.3. The van der Waals surface area contributed by atoms with E-state index < -0.39 is 0 Å². The Kier molecular flexibility index (Phi) is 9.16. The summed E-state index contributed by atoms with van der Waals surface area (Å²) in [6.07, 6.45) is 1.65. The minimum Gasteiger partial charge on any atom is -0.490 e. The Morgan fingerprint density at radius 2 is 1.73 bits per heavy atom. The molecule has 0 aliphatic carbocycles. The van der Waals surface area contributed by atoms with E-state index in [2.05, 4.69) is 41.8 Å². The Labute approximate surface area is 238 Å². The summed E-state index contributed by atoms with van der Waals surface area (Å²) in [6, 6.07) is 24.8. The molecular formula is C30H30N8O3. The lowest BCUT2D eigenvalue weighted by Crippen LogP contribution is -2.37. The third-order valence-electron chi connectivity index (χ3n) is 6.11. The largest absolute Gasteiger partial charge is 0.490 e. The van der Waals surface area contributed by atoms with E-state index in [0.29, 0.717) is 67.8 Å². The van der Waals surface area contributed by atoms with Crippen LogP contribution in [0.3, 0.4) is 0 Å². The SMILES string of the molecule is CCOc1cc(/C=N\Nc2nc(Nc3ccccc3)nc(N3CCOCC3)n2)ccc1OCc1ccccc1C#N. The van der Waals surface area contributed by atoms with Gasteiger partial charge in [0.2, 0.25) is 17.8 Å². The van der Waals surface area contributed by atoms with Crippen LogP contribution in [0.15, 0.2) is 77.9 Å². The van der Waals surface area contributed by atoms with Gasteiger partial charge in [-0.25, -0.2) is 5.43 Å². The minimum absolute atomic E-state index is 0.253. The summed E-state index contributed by atoms with van der Waals surface area (Å²) in [5.41, 5.74) is 5.97. The average Bonchev–Trinajstić information content (AvgIpc) is 3.02. The highest BCUT2D eigenvalue weighted by molar-refractivity contribution is 5.81. The van der Waals surface area contributed by atoms with Crippen LogP contribution in [-0.2, 0) is 11.3 Å². The number of nitrogens with one attached hydrogen (secondary N) is 2. The van der Waals surface area contributed by atoms with Crippen molar-refractivity contribution in [3.8, 4) is 17.6 Å². The Balaban J connectivity index is 1.31. The molecule has 1 aromatic heterocycles. The third-order valence-corrected chi connectivity index (χ3v) is 6.11. The summed E-state index contributed by atoms with van der Waals surface area (Å²) >= 11 is 0. The molecule has 0 bridgehead atoms. The van der Waals surface area contributed by atoms with E-state index in [1.54, 1.807) is 12.3 Å². The van der Waals surface area contributed by atoms with Gasteiger partial charge in [-0.1, -0.05) is 36.4 Å². The number of ether oxygens (including phenoxy) is 3. The second-order valence-corrected chi connectivity index (χ2v) is 8.94. The van der Waals surface area contributed by atoms with Gasteiger partial charge >= 0.3 is 0 Å². The van der Waals surface area contributed by atoms with Gasteiger partial charge in [0.15, 0.2) is 11.5 Å². The third kappa shape index (κ3) is 7.46. The van der Waals surface area contributed by atoms with Crippen LogP contribution >= 0.6 is 0 Å². The van der Waals surface area contributed by atoms with E-state index in [1.807, 2.05) is 73.7 Å². The van der Waals surface area contributed by atoms with Crippen LogP contribution in [0, 0.1) is 11.3 Å². The average molecular weight is 551 g/mol. The number of hydrogen-bond acceptors (Lipinski definition) is 11. The predicted molar refractivity (Wildman–Crippen MR) is 157 cm³/mol. The highest BCUT2D eigenvalue weighted by atomic mass is 16.5. The molecule has 41 heavy (non-hydrogen) atoms. The van der Waals surface area contributed by atoms with Crippen molar-refractivity contribution in [2.45, 2.75) is 13.5 Å². The zero-order chi connectivity index (χ0) is 28.3. The van der Waals surface area contributed by atoms with Gasteiger partial charge in [0.25, 0.3) is 0 Å². The second-order valence-electron chi connectivity index (χ2n) is 8.94. The lowest BCUT2D eigenvalue weighted by Gasteiger charge is -2.27. The van der Waals surface area contributed by atoms with Crippen molar-refractivity contribution in [2.75, 3.05) is 48.6 Å². The molecule has 11 heteroatoms. The number of morpholine rings is 1. The first kappa shape index (κ1) is 27.4. The maximum Gasteiger partial charge on any atom is 0.250 e. The molecule has 0 radical (unpaired) electrons. The number of nitrogens with zero attached hydrogens (tertiary/aromatic N) is 6. The van der Waals surface area contributed by atoms with Crippen molar-refractivity contribution >= 4 is 29.7 Å². The number of aromatic nitrogens is 3. The quantitative estimate of drug-likeness (QED) is 0.199. The molecule has 0 spiro atoms. The van der Waals surface area contributed by atoms with Crippen molar-refractivity contribution in [3.05, 3.63) is 89.5 Å². The first-order chi connectivity index (χ1) is 20.2. The van der Waals surface area contributed by atoms with Crippen LogP contribution in [0.5, 0.6) is 11.5 Å². The van der Waals surface area contributed by atoms with Gasteiger partial charge in [0.1, 0.15) is 6.61 Å². The van der Waals surface area contributed by atoms with E-state index in [1.165, 1.54) is 0 Å². The normalized spacial score (nSPS) is 13.0. The number of anilines is 4.